The van der Waals surface area contributed by atoms with Crippen LogP contribution in [-0.2, 0) is 9.53 Å². The third kappa shape index (κ3) is 3.38. The van der Waals surface area contributed by atoms with Gasteiger partial charge in [-0.15, -0.1) is 0 Å². The number of methoxy groups -OCH3 is 1. The van der Waals surface area contributed by atoms with Crippen molar-refractivity contribution in [3.8, 4) is 0 Å². The zero-order valence-electron chi connectivity index (χ0n) is 10.8. The van der Waals surface area contributed by atoms with Crippen LogP contribution < -0.4 is 5.32 Å². The lowest BCUT2D eigenvalue weighted by molar-refractivity contribution is -0.141. The van der Waals surface area contributed by atoms with Gasteiger partial charge in [-0.05, 0) is 43.9 Å². The summed E-state index contributed by atoms with van der Waals surface area (Å²) in [6.45, 7) is 0. The van der Waals surface area contributed by atoms with E-state index in [0.717, 1.165) is 11.0 Å². The van der Waals surface area contributed by atoms with E-state index < -0.39 is 0 Å². The Hall–Kier alpha value is -0.220. The van der Waals surface area contributed by atoms with E-state index >= 15 is 0 Å². The molecule has 2 rings (SSSR count). The van der Waals surface area contributed by atoms with Gasteiger partial charge in [0.1, 0.15) is 0 Å². The Morgan fingerprint density at radius 1 is 1.47 bits per heavy atom. The van der Waals surface area contributed by atoms with Gasteiger partial charge < -0.3 is 10.1 Å². The summed E-state index contributed by atoms with van der Waals surface area (Å²) in [4.78, 5) is 11.3. The van der Waals surface area contributed by atoms with E-state index in [0.29, 0.717) is 12.5 Å². The minimum Gasteiger partial charge on any atom is -0.469 e. The first-order valence-electron chi connectivity index (χ1n) is 6.55. The number of thioether (sulfide) groups is 1. The first kappa shape index (κ1) is 13.2. The molecule has 2 saturated carbocycles. The van der Waals surface area contributed by atoms with Crippen LogP contribution in [0, 0.1) is 5.41 Å². The van der Waals surface area contributed by atoms with Crippen LogP contribution in [0.25, 0.3) is 0 Å². The average molecular weight is 257 g/mol. The molecule has 2 unspecified atom stereocenters. The summed E-state index contributed by atoms with van der Waals surface area (Å²) in [6, 6.07) is 0.675. The molecule has 0 bridgehead atoms. The zero-order chi connectivity index (χ0) is 12.3. The molecule has 3 nitrogen and oxygen atoms in total. The van der Waals surface area contributed by atoms with E-state index in [-0.39, 0.29) is 11.4 Å². The van der Waals surface area contributed by atoms with Crippen molar-refractivity contribution < 1.29 is 9.53 Å². The molecule has 0 saturated heterocycles. The molecule has 0 amide bonds. The van der Waals surface area contributed by atoms with Crippen molar-refractivity contribution >= 4 is 17.7 Å². The van der Waals surface area contributed by atoms with Gasteiger partial charge >= 0.3 is 5.97 Å². The minimum absolute atomic E-state index is 0.0420. The van der Waals surface area contributed by atoms with Gasteiger partial charge in [0.2, 0.25) is 0 Å². The summed E-state index contributed by atoms with van der Waals surface area (Å²) < 4.78 is 4.78. The molecule has 2 aliphatic rings. The highest BCUT2D eigenvalue weighted by Gasteiger charge is 2.45. The molecule has 1 N–H and O–H groups in total. The second kappa shape index (κ2) is 5.61. The van der Waals surface area contributed by atoms with Gasteiger partial charge in [0.05, 0.1) is 13.5 Å². The average Bonchev–Trinajstić information content (AvgIpc) is 2.94. The van der Waals surface area contributed by atoms with Gasteiger partial charge in [-0.25, -0.2) is 0 Å². The van der Waals surface area contributed by atoms with Crippen molar-refractivity contribution in [1.82, 2.24) is 5.32 Å². The smallest absolute Gasteiger partial charge is 0.306 e. The summed E-state index contributed by atoms with van der Waals surface area (Å²) in [6.07, 6.45) is 6.99. The summed E-state index contributed by atoms with van der Waals surface area (Å²) in [5.74, 6) is 1.09. The summed E-state index contributed by atoms with van der Waals surface area (Å²) in [5.41, 5.74) is 0.276. The molecule has 0 aromatic heterocycles. The SMILES string of the molecule is CNC1CCCC1SCC1(CC(=O)OC)CC1. The quantitative estimate of drug-likeness (QED) is 0.740. The molecule has 2 atom stereocenters. The third-order valence-electron chi connectivity index (χ3n) is 4.13. The molecule has 0 aliphatic heterocycles. The predicted octanol–water partition coefficient (Wildman–Crippen LogP) is 2.20. The maximum absolute atomic E-state index is 11.3. The first-order chi connectivity index (χ1) is 8.19. The topological polar surface area (TPSA) is 38.3 Å². The largest absolute Gasteiger partial charge is 0.469 e. The van der Waals surface area contributed by atoms with Gasteiger partial charge in [0.25, 0.3) is 0 Å². The summed E-state index contributed by atoms with van der Waals surface area (Å²) >= 11 is 2.07. The van der Waals surface area contributed by atoms with Crippen LogP contribution in [-0.4, -0.2) is 37.2 Å². The van der Waals surface area contributed by atoms with Crippen LogP contribution in [0.15, 0.2) is 0 Å². The number of nitrogens with one attached hydrogen (secondary N) is 1. The van der Waals surface area contributed by atoms with Crippen LogP contribution in [0.3, 0.4) is 0 Å². The number of rotatable bonds is 6. The van der Waals surface area contributed by atoms with Crippen LogP contribution in [0.1, 0.15) is 38.5 Å². The molecule has 17 heavy (non-hydrogen) atoms. The van der Waals surface area contributed by atoms with Gasteiger partial charge in [0, 0.05) is 11.3 Å². The minimum atomic E-state index is -0.0420. The molecule has 0 aromatic carbocycles. The van der Waals surface area contributed by atoms with Crippen molar-refractivity contribution in [2.24, 2.45) is 5.41 Å². The molecule has 98 valence electrons. The molecule has 2 fully saturated rings. The van der Waals surface area contributed by atoms with Crippen LogP contribution >= 0.6 is 11.8 Å². The van der Waals surface area contributed by atoms with Crippen LogP contribution in [0.4, 0.5) is 0 Å². The number of carbonyl (C=O) groups is 1. The van der Waals surface area contributed by atoms with Crippen molar-refractivity contribution in [3.63, 3.8) is 0 Å². The monoisotopic (exact) mass is 257 g/mol. The van der Waals surface area contributed by atoms with Crippen LogP contribution in [0.5, 0.6) is 0 Å². The molecule has 0 heterocycles. The number of ether oxygens (including phenoxy) is 1. The van der Waals surface area contributed by atoms with Gasteiger partial charge in [-0.3, -0.25) is 4.79 Å². The number of hydrogen-bond donors (Lipinski definition) is 1. The molecule has 0 aromatic rings. The second-order valence-electron chi connectivity index (χ2n) is 5.43. The summed E-state index contributed by atoms with van der Waals surface area (Å²) in [7, 11) is 3.55. The van der Waals surface area contributed by atoms with Crippen molar-refractivity contribution in [2.45, 2.75) is 49.8 Å². The Morgan fingerprint density at radius 2 is 2.24 bits per heavy atom. The molecular formula is C13H23NO2S. The molecule has 4 heteroatoms. The van der Waals surface area contributed by atoms with E-state index in [4.69, 9.17) is 4.74 Å². The van der Waals surface area contributed by atoms with Crippen molar-refractivity contribution in [1.29, 1.82) is 0 Å². The lowest BCUT2D eigenvalue weighted by Gasteiger charge is -2.21. The Kier molecular flexibility index (Phi) is 4.36. The Bertz CT molecular complexity index is 279. The highest BCUT2D eigenvalue weighted by atomic mass is 32.2. The maximum atomic E-state index is 11.3. The zero-order valence-corrected chi connectivity index (χ0v) is 11.6. The normalized spacial score (nSPS) is 30.2. The van der Waals surface area contributed by atoms with Gasteiger partial charge in [-0.2, -0.15) is 11.8 Å². The molecular weight excluding hydrogens is 234 g/mol. The highest BCUT2D eigenvalue weighted by molar-refractivity contribution is 8.00. The molecule has 0 spiro atoms. The Balaban J connectivity index is 1.76. The Labute approximate surface area is 108 Å². The third-order valence-corrected chi connectivity index (χ3v) is 5.90. The first-order valence-corrected chi connectivity index (χ1v) is 7.60. The summed E-state index contributed by atoms with van der Waals surface area (Å²) in [5, 5.41) is 4.16. The fourth-order valence-corrected chi connectivity index (χ4v) is 4.46. The lowest BCUT2D eigenvalue weighted by Crippen LogP contribution is -2.31. The fraction of sp³-hybridized carbons (Fsp3) is 0.923. The van der Waals surface area contributed by atoms with Crippen LogP contribution in [0.2, 0.25) is 0 Å². The van der Waals surface area contributed by atoms with E-state index in [2.05, 4.69) is 24.1 Å². The van der Waals surface area contributed by atoms with E-state index in [1.54, 1.807) is 0 Å². The predicted molar refractivity (Wildman–Crippen MR) is 71.2 cm³/mol. The van der Waals surface area contributed by atoms with E-state index in [1.165, 1.54) is 39.2 Å². The fourth-order valence-electron chi connectivity index (χ4n) is 2.67. The number of esters is 1. The maximum Gasteiger partial charge on any atom is 0.306 e. The van der Waals surface area contributed by atoms with Gasteiger partial charge in [-0.1, -0.05) is 6.42 Å². The van der Waals surface area contributed by atoms with E-state index in [9.17, 15) is 4.79 Å². The van der Waals surface area contributed by atoms with Crippen molar-refractivity contribution in [2.75, 3.05) is 19.9 Å². The number of hydrogen-bond acceptors (Lipinski definition) is 4. The lowest BCUT2D eigenvalue weighted by atomic mass is 10.1. The second-order valence-corrected chi connectivity index (χ2v) is 6.66. The Morgan fingerprint density at radius 3 is 2.82 bits per heavy atom. The van der Waals surface area contributed by atoms with E-state index in [1.807, 2.05) is 0 Å². The molecule has 2 aliphatic carbocycles. The van der Waals surface area contributed by atoms with Crippen molar-refractivity contribution in [3.05, 3.63) is 0 Å². The number of carbonyl (C=O) groups excluding carboxylic acids is 1. The standard InChI is InChI=1S/C13H23NO2S/c1-14-10-4-3-5-11(10)17-9-13(6-7-13)8-12(15)16-2/h10-11,14H,3-9H2,1-2H3. The highest BCUT2D eigenvalue weighted by Crippen LogP contribution is 2.52. The molecule has 0 radical (unpaired) electrons. The van der Waals surface area contributed by atoms with Gasteiger partial charge in [0.15, 0.2) is 0 Å².